The molecule has 0 saturated heterocycles. The minimum absolute atomic E-state index is 0.0189. The van der Waals surface area contributed by atoms with E-state index in [2.05, 4.69) is 26.7 Å². The quantitative estimate of drug-likeness (QED) is 0.845. The Bertz CT molecular complexity index is 657. The Morgan fingerprint density at radius 2 is 2.35 bits per heavy atom. The first-order valence-electron chi connectivity index (χ1n) is 5.99. The van der Waals surface area contributed by atoms with Crippen LogP contribution >= 0.6 is 11.5 Å². The van der Waals surface area contributed by atoms with E-state index in [1.165, 1.54) is 0 Å². The van der Waals surface area contributed by atoms with Crippen molar-refractivity contribution in [1.29, 1.82) is 0 Å². The molecule has 0 fully saturated rings. The van der Waals surface area contributed by atoms with Crippen LogP contribution in [0.15, 0.2) is 23.6 Å². The highest BCUT2D eigenvalue weighted by Gasteiger charge is 2.11. The summed E-state index contributed by atoms with van der Waals surface area (Å²) in [5, 5.41) is 16.8. The molecule has 0 saturated carbocycles. The maximum absolute atomic E-state index is 12.0. The van der Waals surface area contributed by atoms with E-state index in [0.717, 1.165) is 17.1 Å². The second-order valence-corrected chi connectivity index (χ2v) is 4.68. The number of aromatic nitrogens is 2. The minimum Gasteiger partial charge on any atom is -0.395 e. The van der Waals surface area contributed by atoms with Crippen molar-refractivity contribution in [1.82, 2.24) is 9.59 Å². The van der Waals surface area contributed by atoms with Gasteiger partial charge in [-0.1, -0.05) is 22.4 Å². The zero-order valence-corrected chi connectivity index (χ0v) is 11.7. The summed E-state index contributed by atoms with van der Waals surface area (Å²) >= 11 is 1.12. The maximum atomic E-state index is 12.0. The molecule has 1 aromatic carbocycles. The molecule has 0 bridgehead atoms. The molecule has 0 aliphatic heterocycles. The number of aliphatic hydroxyl groups excluding tert-OH is 1. The van der Waals surface area contributed by atoms with Gasteiger partial charge in [0.2, 0.25) is 0 Å². The molecule has 1 amide bonds. The topological polar surface area (TPSA) is 75.1 Å². The van der Waals surface area contributed by atoms with E-state index in [9.17, 15) is 4.79 Å². The lowest BCUT2D eigenvalue weighted by Gasteiger charge is -2.07. The molecule has 20 heavy (non-hydrogen) atoms. The number of anilines is 1. The Morgan fingerprint density at radius 3 is 3.05 bits per heavy atom. The summed E-state index contributed by atoms with van der Waals surface area (Å²) in [6, 6.07) is 5.61. The molecular weight excluding hydrogens is 274 g/mol. The van der Waals surface area contributed by atoms with E-state index < -0.39 is 0 Å². The molecule has 2 aromatic rings. The van der Waals surface area contributed by atoms with Gasteiger partial charge in [-0.2, -0.15) is 0 Å². The van der Waals surface area contributed by atoms with Crippen LogP contribution in [0.5, 0.6) is 0 Å². The van der Waals surface area contributed by atoms with Crippen LogP contribution < -0.4 is 5.32 Å². The predicted molar refractivity (Wildman–Crippen MR) is 77.6 cm³/mol. The average Bonchev–Trinajstić information content (AvgIpc) is 2.95. The molecule has 6 heteroatoms. The van der Waals surface area contributed by atoms with Crippen LogP contribution in [0, 0.1) is 18.8 Å². The summed E-state index contributed by atoms with van der Waals surface area (Å²) in [7, 11) is 0. The van der Waals surface area contributed by atoms with E-state index >= 15 is 0 Å². The van der Waals surface area contributed by atoms with Crippen LogP contribution in [0.2, 0.25) is 0 Å². The van der Waals surface area contributed by atoms with Gasteiger partial charge in [0, 0.05) is 17.4 Å². The summed E-state index contributed by atoms with van der Waals surface area (Å²) in [4.78, 5) is 12.0. The van der Waals surface area contributed by atoms with Crippen molar-refractivity contribution >= 4 is 23.1 Å². The lowest BCUT2D eigenvalue weighted by atomic mass is 10.1. The van der Waals surface area contributed by atoms with E-state index in [-0.39, 0.29) is 18.2 Å². The summed E-state index contributed by atoms with van der Waals surface area (Å²) < 4.78 is 3.66. The molecule has 1 aromatic heterocycles. The molecule has 0 spiro atoms. The Morgan fingerprint density at radius 1 is 1.50 bits per heavy atom. The summed E-state index contributed by atoms with van der Waals surface area (Å²) in [5.74, 6) is 5.47. The lowest BCUT2D eigenvalue weighted by molar-refractivity contribution is 0.102. The Kier molecular flexibility index (Phi) is 4.82. The van der Waals surface area contributed by atoms with Crippen LogP contribution in [0.4, 0.5) is 5.69 Å². The van der Waals surface area contributed by atoms with Gasteiger partial charge < -0.3 is 10.4 Å². The van der Waals surface area contributed by atoms with Crippen molar-refractivity contribution < 1.29 is 9.90 Å². The first-order chi connectivity index (χ1) is 9.70. The molecule has 0 aliphatic rings. The predicted octanol–water partition coefficient (Wildman–Crippen LogP) is 1.83. The zero-order valence-electron chi connectivity index (χ0n) is 10.9. The molecule has 1 heterocycles. The standard InChI is InChI=1S/C14H13N3O2S/c1-10-5-6-11(4-2-3-7-18)12(8-10)15-14(19)13-9-20-17-16-13/h5-6,8-9,18H,3,7H2,1H3,(H,15,19). The highest BCUT2D eigenvalue weighted by molar-refractivity contribution is 7.03. The van der Waals surface area contributed by atoms with Gasteiger partial charge in [0.05, 0.1) is 12.3 Å². The molecule has 5 nitrogen and oxygen atoms in total. The fourth-order valence-corrected chi connectivity index (χ4v) is 1.97. The van der Waals surface area contributed by atoms with E-state index in [0.29, 0.717) is 17.7 Å². The molecule has 0 atom stereocenters. The number of aryl methyl sites for hydroxylation is 1. The van der Waals surface area contributed by atoms with Crippen LogP contribution in [-0.2, 0) is 0 Å². The summed E-state index contributed by atoms with van der Waals surface area (Å²) in [6.07, 6.45) is 0.400. The first kappa shape index (κ1) is 14.2. The highest BCUT2D eigenvalue weighted by atomic mass is 32.1. The summed E-state index contributed by atoms with van der Waals surface area (Å²) in [6.45, 7) is 1.95. The summed E-state index contributed by atoms with van der Waals surface area (Å²) in [5.41, 5.74) is 2.64. The molecule has 0 aliphatic carbocycles. The Balaban J connectivity index is 2.24. The van der Waals surface area contributed by atoms with Crippen LogP contribution in [0.25, 0.3) is 0 Å². The van der Waals surface area contributed by atoms with Gasteiger partial charge in [-0.25, -0.2) is 0 Å². The van der Waals surface area contributed by atoms with Crippen molar-refractivity contribution in [3.8, 4) is 11.8 Å². The number of rotatable bonds is 3. The van der Waals surface area contributed by atoms with Gasteiger partial charge in [-0.3, -0.25) is 4.79 Å². The number of benzene rings is 1. The molecule has 102 valence electrons. The second-order valence-electron chi connectivity index (χ2n) is 4.07. The Hall–Kier alpha value is -2.23. The SMILES string of the molecule is Cc1ccc(C#CCCO)c(NC(=O)c2csnn2)c1. The smallest absolute Gasteiger partial charge is 0.277 e. The lowest BCUT2D eigenvalue weighted by Crippen LogP contribution is -2.13. The van der Waals surface area contributed by atoms with Crippen LogP contribution in [0.3, 0.4) is 0 Å². The largest absolute Gasteiger partial charge is 0.395 e. The molecule has 0 radical (unpaired) electrons. The fraction of sp³-hybridized carbons (Fsp3) is 0.214. The van der Waals surface area contributed by atoms with Gasteiger partial charge in [0.1, 0.15) is 0 Å². The van der Waals surface area contributed by atoms with Crippen molar-refractivity contribution in [3.63, 3.8) is 0 Å². The first-order valence-corrected chi connectivity index (χ1v) is 6.83. The van der Waals surface area contributed by atoms with Gasteiger partial charge in [-0.15, -0.1) is 5.10 Å². The number of nitrogens with zero attached hydrogens (tertiary/aromatic N) is 2. The van der Waals surface area contributed by atoms with E-state index in [1.807, 2.05) is 25.1 Å². The fourth-order valence-electron chi connectivity index (χ4n) is 1.53. The van der Waals surface area contributed by atoms with Gasteiger partial charge in [0.15, 0.2) is 5.69 Å². The maximum Gasteiger partial charge on any atom is 0.277 e. The van der Waals surface area contributed by atoms with Crippen molar-refractivity contribution in [2.45, 2.75) is 13.3 Å². The average molecular weight is 287 g/mol. The third-order valence-electron chi connectivity index (χ3n) is 2.48. The number of carbonyl (C=O) groups excluding carboxylic acids is 1. The van der Waals surface area contributed by atoms with Crippen LogP contribution in [-0.4, -0.2) is 27.2 Å². The molecule has 0 unspecified atom stereocenters. The highest BCUT2D eigenvalue weighted by Crippen LogP contribution is 2.17. The number of carbonyl (C=O) groups is 1. The molecule has 2 N–H and O–H groups in total. The number of hydrogen-bond acceptors (Lipinski definition) is 5. The third-order valence-corrected chi connectivity index (χ3v) is 2.98. The van der Waals surface area contributed by atoms with Crippen molar-refractivity contribution in [3.05, 3.63) is 40.4 Å². The van der Waals surface area contributed by atoms with E-state index in [4.69, 9.17) is 5.11 Å². The van der Waals surface area contributed by atoms with Gasteiger partial charge in [-0.05, 0) is 36.2 Å². The van der Waals surface area contributed by atoms with Gasteiger partial charge >= 0.3 is 0 Å². The monoisotopic (exact) mass is 287 g/mol. The number of nitrogens with one attached hydrogen (secondary N) is 1. The number of aliphatic hydroxyl groups is 1. The minimum atomic E-state index is -0.311. The second kappa shape index (κ2) is 6.80. The van der Waals surface area contributed by atoms with E-state index in [1.54, 1.807) is 5.38 Å². The zero-order chi connectivity index (χ0) is 14.4. The van der Waals surface area contributed by atoms with Crippen molar-refractivity contribution in [2.24, 2.45) is 0 Å². The van der Waals surface area contributed by atoms with Crippen LogP contribution in [0.1, 0.15) is 28.0 Å². The molecular formula is C14H13N3O2S. The number of amides is 1. The van der Waals surface area contributed by atoms with Crippen molar-refractivity contribution in [2.75, 3.05) is 11.9 Å². The Labute approximate surface area is 120 Å². The number of hydrogen-bond donors (Lipinski definition) is 2. The third kappa shape index (κ3) is 3.63. The van der Waals surface area contributed by atoms with Gasteiger partial charge in [0.25, 0.3) is 5.91 Å². The normalized spacial score (nSPS) is 9.70. The molecule has 2 rings (SSSR count).